The van der Waals surface area contributed by atoms with E-state index in [1.54, 1.807) is 0 Å². The summed E-state index contributed by atoms with van der Waals surface area (Å²) in [5, 5.41) is 11.9. The molecule has 0 bridgehead atoms. The van der Waals surface area contributed by atoms with Gasteiger partial charge in [-0.3, -0.25) is 0 Å². The molecule has 0 aliphatic heterocycles. The van der Waals surface area contributed by atoms with E-state index in [-0.39, 0.29) is 29.6 Å². The average molecular weight is 514 g/mol. The zero-order valence-electron chi connectivity index (χ0n) is 11.4. The zero-order valence-corrected chi connectivity index (χ0v) is 17.8. The second kappa shape index (κ2) is 6.45. The number of hydrogen-bond acceptors (Lipinski definition) is 3. The van der Waals surface area contributed by atoms with E-state index in [9.17, 15) is 9.90 Å². The van der Waals surface area contributed by atoms with Gasteiger partial charge in [0.15, 0.2) is 5.60 Å². The average Bonchev–Trinajstić information content (AvgIpc) is 2.67. The molecular weight excluding hydrogens is 505 g/mol. The molecule has 6 heteroatoms. The van der Waals surface area contributed by atoms with Crippen molar-refractivity contribution in [3.05, 3.63) is 54.7 Å². The number of benzene rings is 2. The molecule has 0 radical (unpaired) electrons. The minimum Gasteiger partial charge on any atom is -0.546 e. The monoisotopic (exact) mass is 514 g/mol. The second-order valence-electron chi connectivity index (χ2n) is 4.55. The number of carbonyl (C=O) groups is 1. The third-order valence-electron chi connectivity index (χ3n) is 3.61. The Morgan fingerprint density at radius 2 is 1.48 bits per heavy atom. The van der Waals surface area contributed by atoms with Crippen molar-refractivity contribution in [2.75, 3.05) is 7.11 Å². The van der Waals surface area contributed by atoms with Crippen molar-refractivity contribution in [2.45, 2.75) is 5.60 Å². The van der Waals surface area contributed by atoms with Crippen LogP contribution < -0.4 is 34.7 Å². The van der Waals surface area contributed by atoms with Crippen molar-refractivity contribution >= 4 is 51.2 Å². The number of carboxylic acids is 1. The Morgan fingerprint density at radius 1 is 1.05 bits per heavy atom. The van der Waals surface area contributed by atoms with Gasteiger partial charge < -0.3 is 14.6 Å². The Kier molecular flexibility index (Phi) is 5.43. The van der Waals surface area contributed by atoms with Crippen LogP contribution in [0.25, 0.3) is 11.1 Å². The number of methoxy groups -OCH3 is 1. The maximum Gasteiger partial charge on any atom is 1.00 e. The van der Waals surface area contributed by atoms with Gasteiger partial charge in [-0.2, -0.15) is 0 Å². The molecule has 0 N–H and O–H groups in total. The number of carbonyl (C=O) groups excluding carboxylic acids is 1. The largest absolute Gasteiger partial charge is 1.00 e. The Bertz CT molecular complexity index is 679. The van der Waals surface area contributed by atoms with Gasteiger partial charge in [0.2, 0.25) is 0 Å². The van der Waals surface area contributed by atoms with Gasteiger partial charge in [-0.15, -0.1) is 0 Å². The van der Waals surface area contributed by atoms with Crippen LogP contribution in [0.15, 0.2) is 36.4 Å². The van der Waals surface area contributed by atoms with Gasteiger partial charge in [0.25, 0.3) is 0 Å². The summed E-state index contributed by atoms with van der Waals surface area (Å²) in [5.74, 6) is -1.23. The van der Waals surface area contributed by atoms with Crippen molar-refractivity contribution in [1.82, 2.24) is 0 Å². The molecule has 0 spiro atoms. The molecule has 102 valence electrons. The summed E-state index contributed by atoms with van der Waals surface area (Å²) in [6.45, 7) is 0. The quantitative estimate of drug-likeness (QED) is 0.403. The van der Waals surface area contributed by atoms with Crippen molar-refractivity contribution in [3.8, 4) is 11.1 Å². The molecule has 1 aliphatic rings. The van der Waals surface area contributed by atoms with Crippen LogP contribution in [0, 0.1) is 7.14 Å². The molecule has 1 aliphatic carbocycles. The minimum absolute atomic E-state index is 0. The van der Waals surface area contributed by atoms with E-state index in [2.05, 4.69) is 45.2 Å². The van der Waals surface area contributed by atoms with Crippen LogP contribution in [0.2, 0.25) is 0 Å². The molecule has 0 saturated heterocycles. The molecule has 0 aromatic heterocycles. The fourth-order valence-electron chi connectivity index (χ4n) is 2.75. The first-order valence-corrected chi connectivity index (χ1v) is 8.03. The van der Waals surface area contributed by atoms with Gasteiger partial charge >= 0.3 is 29.6 Å². The summed E-state index contributed by atoms with van der Waals surface area (Å²) in [6, 6.07) is 11.5. The van der Waals surface area contributed by atoms with Gasteiger partial charge in [-0.1, -0.05) is 12.1 Å². The van der Waals surface area contributed by atoms with E-state index >= 15 is 0 Å². The first-order valence-electron chi connectivity index (χ1n) is 5.87. The molecule has 0 amide bonds. The zero-order chi connectivity index (χ0) is 14.5. The minimum atomic E-state index is -1.52. The summed E-state index contributed by atoms with van der Waals surface area (Å²) in [4.78, 5) is 11.9. The predicted molar refractivity (Wildman–Crippen MR) is 90.1 cm³/mol. The normalized spacial score (nSPS) is 14.0. The fourth-order valence-corrected chi connectivity index (χ4v) is 3.74. The summed E-state index contributed by atoms with van der Waals surface area (Å²) in [6.07, 6.45) is 0. The summed E-state index contributed by atoms with van der Waals surface area (Å²) < 4.78 is 7.38. The summed E-state index contributed by atoms with van der Waals surface area (Å²) in [5.41, 5.74) is 1.55. The van der Waals surface area contributed by atoms with Gasteiger partial charge in [-0.05, 0) is 80.6 Å². The molecular formula is C15H9I2NaO3. The van der Waals surface area contributed by atoms with Crippen LogP contribution in [0.3, 0.4) is 0 Å². The second-order valence-corrected chi connectivity index (χ2v) is 7.04. The molecule has 0 saturated carbocycles. The fraction of sp³-hybridized carbons (Fsp3) is 0.133. The molecule has 0 unspecified atom stereocenters. The Balaban J connectivity index is 0.00000161. The van der Waals surface area contributed by atoms with Crippen molar-refractivity contribution in [2.24, 2.45) is 0 Å². The van der Waals surface area contributed by atoms with Crippen molar-refractivity contribution in [3.63, 3.8) is 0 Å². The van der Waals surface area contributed by atoms with Gasteiger partial charge in [-0.25, -0.2) is 0 Å². The van der Waals surface area contributed by atoms with E-state index in [0.29, 0.717) is 11.1 Å². The van der Waals surface area contributed by atoms with Crippen LogP contribution in [-0.2, 0) is 15.1 Å². The third kappa shape index (κ3) is 2.59. The van der Waals surface area contributed by atoms with E-state index < -0.39 is 11.6 Å². The third-order valence-corrected chi connectivity index (χ3v) is 4.95. The van der Waals surface area contributed by atoms with E-state index in [1.165, 1.54) is 7.11 Å². The van der Waals surface area contributed by atoms with Crippen molar-refractivity contribution in [1.29, 1.82) is 0 Å². The van der Waals surface area contributed by atoms with Crippen LogP contribution in [0.4, 0.5) is 0 Å². The van der Waals surface area contributed by atoms with Gasteiger partial charge in [0, 0.05) is 25.4 Å². The standard InChI is InChI=1S/C15H10I2O3.Na/c1-20-15(14(18)19)12-6-8(16)2-4-10(12)11-5-3-9(17)7-13(11)15;/h2-7H,1H3,(H,18,19);/q;+1/p-1. The number of aliphatic carboxylic acids is 1. The topological polar surface area (TPSA) is 49.4 Å². The number of hydrogen-bond donors (Lipinski definition) is 0. The number of halogens is 2. The number of rotatable bonds is 2. The first-order chi connectivity index (χ1) is 9.50. The number of fused-ring (bicyclic) bond motifs is 3. The maximum absolute atomic E-state index is 11.9. The Morgan fingerprint density at radius 3 is 1.81 bits per heavy atom. The van der Waals surface area contributed by atoms with Gasteiger partial charge in [0.05, 0.1) is 5.97 Å². The van der Waals surface area contributed by atoms with Crippen LogP contribution in [0.5, 0.6) is 0 Å². The van der Waals surface area contributed by atoms with E-state index in [4.69, 9.17) is 4.74 Å². The van der Waals surface area contributed by atoms with Gasteiger partial charge in [0.1, 0.15) is 0 Å². The molecule has 0 heterocycles. The predicted octanol–water partition coefficient (Wildman–Crippen LogP) is -0.480. The Labute approximate surface area is 172 Å². The molecule has 3 rings (SSSR count). The van der Waals surface area contributed by atoms with Crippen LogP contribution in [-0.4, -0.2) is 13.1 Å². The first kappa shape index (κ1) is 17.7. The molecule has 3 nitrogen and oxygen atoms in total. The Hall–Kier alpha value is 0.330. The molecule has 2 aromatic rings. The SMILES string of the molecule is COC1(C(=O)[O-])c2cc(I)ccc2-c2ccc(I)cc21.[Na+]. The van der Waals surface area contributed by atoms with Crippen LogP contribution in [0.1, 0.15) is 11.1 Å². The molecule has 0 atom stereocenters. The maximum atomic E-state index is 11.9. The molecule has 2 aromatic carbocycles. The van der Waals surface area contributed by atoms with Crippen LogP contribution >= 0.6 is 45.2 Å². The smallest absolute Gasteiger partial charge is 0.546 e. The van der Waals surface area contributed by atoms with Crippen molar-refractivity contribution < 1.29 is 44.2 Å². The van der Waals surface area contributed by atoms with E-state index in [0.717, 1.165) is 18.3 Å². The molecule has 0 fully saturated rings. The number of ether oxygens (including phenoxy) is 1. The van der Waals surface area contributed by atoms with E-state index in [1.807, 2.05) is 36.4 Å². The molecule has 21 heavy (non-hydrogen) atoms. The number of carboxylic acid groups (broad SMARTS) is 1. The summed E-state index contributed by atoms with van der Waals surface area (Å²) >= 11 is 4.33. The summed E-state index contributed by atoms with van der Waals surface area (Å²) in [7, 11) is 1.41.